The lowest BCUT2D eigenvalue weighted by Crippen LogP contribution is -2.49. The molecular weight excluding hydrogens is 443 g/mol. The summed E-state index contributed by atoms with van der Waals surface area (Å²) in [5, 5.41) is 0. The van der Waals surface area contributed by atoms with E-state index >= 15 is 0 Å². The number of aromatic nitrogens is 2. The van der Waals surface area contributed by atoms with E-state index in [0.717, 1.165) is 42.2 Å². The monoisotopic (exact) mass is 474 g/mol. The molecule has 0 unspecified atom stereocenters. The number of aryl methyl sites for hydroxylation is 1. The van der Waals surface area contributed by atoms with Crippen molar-refractivity contribution in [1.82, 2.24) is 14.9 Å². The Balaban J connectivity index is 1.42. The Hall–Kier alpha value is -3.32. The van der Waals surface area contributed by atoms with Crippen LogP contribution in [0.15, 0.2) is 48.5 Å². The van der Waals surface area contributed by atoms with E-state index in [1.807, 2.05) is 4.90 Å². The Bertz CT molecular complexity index is 1200. The Labute approximate surface area is 205 Å². The van der Waals surface area contributed by atoms with Crippen molar-refractivity contribution in [2.45, 2.75) is 38.7 Å². The Morgan fingerprint density at radius 2 is 1.80 bits per heavy atom. The molecule has 1 amide bonds. The van der Waals surface area contributed by atoms with Crippen molar-refractivity contribution in [3.8, 4) is 0 Å². The van der Waals surface area contributed by atoms with Crippen molar-refractivity contribution in [3.63, 3.8) is 0 Å². The van der Waals surface area contributed by atoms with Crippen molar-refractivity contribution in [3.05, 3.63) is 88.1 Å². The van der Waals surface area contributed by atoms with Gasteiger partial charge < -0.3 is 14.5 Å². The highest BCUT2D eigenvalue weighted by molar-refractivity contribution is 5.94. The molecule has 2 fully saturated rings. The minimum absolute atomic E-state index is 0.0638. The predicted molar refractivity (Wildman–Crippen MR) is 133 cm³/mol. The summed E-state index contributed by atoms with van der Waals surface area (Å²) in [7, 11) is 1.70. The van der Waals surface area contributed by atoms with Gasteiger partial charge in [-0.1, -0.05) is 29.8 Å². The van der Waals surface area contributed by atoms with Gasteiger partial charge in [0, 0.05) is 56.8 Å². The number of carbonyl (C=O) groups is 1. The molecule has 1 saturated heterocycles. The average Bonchev–Trinajstić information content (AvgIpc) is 3.71. The molecule has 0 bridgehead atoms. The number of hydrogen-bond donors (Lipinski definition) is 0. The van der Waals surface area contributed by atoms with Crippen LogP contribution in [0.4, 0.5) is 10.2 Å². The molecule has 7 heteroatoms. The van der Waals surface area contributed by atoms with Crippen LogP contribution in [0, 0.1) is 12.7 Å². The highest BCUT2D eigenvalue weighted by Crippen LogP contribution is 2.40. The molecular formula is C28H31FN4O2. The lowest BCUT2D eigenvalue weighted by atomic mass is 10.0. The third kappa shape index (κ3) is 5.35. The van der Waals surface area contributed by atoms with Gasteiger partial charge >= 0.3 is 0 Å². The lowest BCUT2D eigenvalue weighted by molar-refractivity contribution is 0.0746. The zero-order chi connectivity index (χ0) is 24.4. The van der Waals surface area contributed by atoms with E-state index in [0.29, 0.717) is 44.3 Å². The van der Waals surface area contributed by atoms with E-state index in [-0.39, 0.29) is 11.7 Å². The molecule has 2 aromatic carbocycles. The first-order valence-corrected chi connectivity index (χ1v) is 12.3. The number of carbonyl (C=O) groups excluding carboxylic acids is 1. The number of rotatable bonds is 7. The summed E-state index contributed by atoms with van der Waals surface area (Å²) in [6.45, 7) is 5.08. The molecule has 1 aliphatic heterocycles. The first-order chi connectivity index (χ1) is 17.0. The molecule has 0 radical (unpaired) electrons. The quantitative estimate of drug-likeness (QED) is 0.505. The summed E-state index contributed by atoms with van der Waals surface area (Å²) in [5.74, 6) is 1.90. The van der Waals surface area contributed by atoms with Crippen LogP contribution in [0.5, 0.6) is 0 Å². The number of amides is 1. The van der Waals surface area contributed by atoms with Gasteiger partial charge in [-0.3, -0.25) is 4.79 Å². The number of benzene rings is 2. The van der Waals surface area contributed by atoms with Crippen molar-refractivity contribution in [1.29, 1.82) is 0 Å². The topological polar surface area (TPSA) is 58.6 Å². The van der Waals surface area contributed by atoms with Crippen LogP contribution >= 0.6 is 0 Å². The second-order valence-electron chi connectivity index (χ2n) is 9.49. The lowest BCUT2D eigenvalue weighted by Gasteiger charge is -2.36. The summed E-state index contributed by atoms with van der Waals surface area (Å²) in [6, 6.07) is 14.3. The number of hydrogen-bond acceptors (Lipinski definition) is 5. The van der Waals surface area contributed by atoms with Crippen LogP contribution in [-0.4, -0.2) is 54.1 Å². The molecule has 6 nitrogen and oxygen atoms in total. The standard InChI is InChI=1S/C28H31FN4O2/c1-19-4-3-5-20(16-19)17-24-25(18-35-2)30-26(21-6-7-21)31-27(24)32-12-14-33(15-13-32)28(34)22-8-10-23(29)11-9-22/h3-5,8-11,16,21H,6-7,12-15,17-18H2,1-2H3. The molecule has 0 N–H and O–H groups in total. The van der Waals surface area contributed by atoms with Crippen molar-refractivity contribution < 1.29 is 13.9 Å². The van der Waals surface area contributed by atoms with Gasteiger partial charge in [0.2, 0.25) is 0 Å². The molecule has 2 heterocycles. The molecule has 35 heavy (non-hydrogen) atoms. The third-order valence-electron chi connectivity index (χ3n) is 6.73. The molecule has 1 aromatic heterocycles. The maximum Gasteiger partial charge on any atom is 0.253 e. The molecule has 1 aliphatic carbocycles. The van der Waals surface area contributed by atoms with Gasteiger partial charge in [0.25, 0.3) is 5.91 Å². The minimum Gasteiger partial charge on any atom is -0.378 e. The van der Waals surface area contributed by atoms with Gasteiger partial charge in [-0.2, -0.15) is 0 Å². The fraction of sp³-hybridized carbons (Fsp3) is 0.393. The number of piperazine rings is 1. The molecule has 5 rings (SSSR count). The molecule has 2 aliphatic rings. The van der Waals surface area contributed by atoms with Gasteiger partial charge in [0.05, 0.1) is 12.3 Å². The van der Waals surface area contributed by atoms with Gasteiger partial charge in [-0.05, 0) is 49.6 Å². The predicted octanol–water partition coefficient (Wildman–Crippen LogP) is 4.50. The molecule has 3 aromatic rings. The average molecular weight is 475 g/mol. The zero-order valence-corrected chi connectivity index (χ0v) is 20.3. The summed E-state index contributed by atoms with van der Waals surface area (Å²) >= 11 is 0. The van der Waals surface area contributed by atoms with E-state index in [4.69, 9.17) is 14.7 Å². The van der Waals surface area contributed by atoms with Crippen LogP contribution in [0.25, 0.3) is 0 Å². The molecule has 1 saturated carbocycles. The summed E-state index contributed by atoms with van der Waals surface area (Å²) < 4.78 is 18.8. The number of nitrogens with zero attached hydrogens (tertiary/aromatic N) is 4. The number of halogens is 1. The van der Waals surface area contributed by atoms with Gasteiger partial charge in [0.1, 0.15) is 17.5 Å². The van der Waals surface area contributed by atoms with Gasteiger partial charge in [-0.15, -0.1) is 0 Å². The van der Waals surface area contributed by atoms with E-state index in [1.54, 1.807) is 19.2 Å². The SMILES string of the molecule is COCc1nc(C2CC2)nc(N2CCN(C(=O)c3ccc(F)cc3)CC2)c1Cc1cccc(C)c1. The molecule has 0 spiro atoms. The smallest absolute Gasteiger partial charge is 0.253 e. The molecule has 0 atom stereocenters. The van der Waals surface area contributed by atoms with Crippen molar-refractivity contribution in [2.75, 3.05) is 38.2 Å². The summed E-state index contributed by atoms with van der Waals surface area (Å²) in [4.78, 5) is 27.1. The first kappa shape index (κ1) is 23.4. The van der Waals surface area contributed by atoms with E-state index in [2.05, 4.69) is 36.1 Å². The van der Waals surface area contributed by atoms with Crippen LogP contribution in [0.2, 0.25) is 0 Å². The number of methoxy groups -OCH3 is 1. The highest BCUT2D eigenvalue weighted by atomic mass is 19.1. The highest BCUT2D eigenvalue weighted by Gasteiger charge is 2.31. The Morgan fingerprint density at radius 3 is 2.46 bits per heavy atom. The minimum atomic E-state index is -0.338. The Morgan fingerprint density at radius 1 is 1.06 bits per heavy atom. The summed E-state index contributed by atoms with van der Waals surface area (Å²) in [6.07, 6.45) is 2.99. The van der Waals surface area contributed by atoms with E-state index in [9.17, 15) is 9.18 Å². The van der Waals surface area contributed by atoms with E-state index in [1.165, 1.54) is 23.3 Å². The van der Waals surface area contributed by atoms with Crippen LogP contribution < -0.4 is 4.90 Å². The number of anilines is 1. The fourth-order valence-electron chi connectivity index (χ4n) is 4.68. The maximum absolute atomic E-state index is 13.3. The maximum atomic E-state index is 13.3. The zero-order valence-electron chi connectivity index (χ0n) is 20.3. The van der Waals surface area contributed by atoms with E-state index < -0.39 is 0 Å². The second-order valence-corrected chi connectivity index (χ2v) is 9.49. The number of ether oxygens (including phenoxy) is 1. The second kappa shape index (κ2) is 10.1. The Kier molecular flexibility index (Phi) is 6.77. The van der Waals surface area contributed by atoms with Crippen molar-refractivity contribution in [2.24, 2.45) is 0 Å². The fourth-order valence-corrected chi connectivity index (χ4v) is 4.68. The summed E-state index contributed by atoms with van der Waals surface area (Å²) in [5.41, 5.74) is 5.00. The molecule has 182 valence electrons. The van der Waals surface area contributed by atoms with Crippen LogP contribution in [0.1, 0.15) is 57.3 Å². The van der Waals surface area contributed by atoms with Crippen molar-refractivity contribution >= 4 is 11.7 Å². The third-order valence-corrected chi connectivity index (χ3v) is 6.73. The van der Waals surface area contributed by atoms with Gasteiger partial charge in [-0.25, -0.2) is 14.4 Å². The largest absolute Gasteiger partial charge is 0.378 e. The first-order valence-electron chi connectivity index (χ1n) is 12.3. The normalized spacial score (nSPS) is 16.0. The van der Waals surface area contributed by atoms with Gasteiger partial charge in [0.15, 0.2) is 0 Å². The van der Waals surface area contributed by atoms with Crippen LogP contribution in [-0.2, 0) is 17.8 Å². The van der Waals surface area contributed by atoms with Crippen LogP contribution in [0.3, 0.4) is 0 Å².